The molecule has 1 N–H and O–H groups in total. The maximum absolute atomic E-state index is 12.6. The predicted molar refractivity (Wildman–Crippen MR) is 122 cm³/mol. The molecule has 4 rings (SSSR count). The molecule has 0 aliphatic carbocycles. The lowest BCUT2D eigenvalue weighted by atomic mass is 10.0. The number of para-hydroxylation sites is 1. The molecule has 0 saturated heterocycles. The summed E-state index contributed by atoms with van der Waals surface area (Å²) in [4.78, 5) is 0.0553. The first kappa shape index (κ1) is 21.6. The van der Waals surface area contributed by atoms with Gasteiger partial charge in [0.15, 0.2) is 0 Å². The van der Waals surface area contributed by atoms with E-state index in [0.29, 0.717) is 5.02 Å². The average molecular weight is 456 g/mol. The van der Waals surface area contributed by atoms with E-state index in [2.05, 4.69) is 0 Å². The quantitative estimate of drug-likeness (QED) is 0.400. The topological polar surface area (TPSA) is 68.5 Å². The van der Waals surface area contributed by atoms with Gasteiger partial charge in [0.05, 0.1) is 17.5 Å². The number of benzene rings is 3. The van der Waals surface area contributed by atoms with Crippen molar-refractivity contribution in [2.75, 3.05) is 6.61 Å². The van der Waals surface area contributed by atoms with Crippen molar-refractivity contribution in [3.63, 3.8) is 0 Å². The van der Waals surface area contributed by atoms with Crippen LogP contribution in [0.1, 0.15) is 17.2 Å². The van der Waals surface area contributed by atoms with Gasteiger partial charge in [-0.05, 0) is 54.3 Å². The van der Waals surface area contributed by atoms with Crippen LogP contribution in [0, 0.1) is 6.92 Å². The lowest BCUT2D eigenvalue weighted by Crippen LogP contribution is -2.30. The van der Waals surface area contributed by atoms with Crippen molar-refractivity contribution in [2.45, 2.75) is 24.0 Å². The van der Waals surface area contributed by atoms with Gasteiger partial charge in [0.1, 0.15) is 6.10 Å². The molecule has 0 aliphatic rings. The summed E-state index contributed by atoms with van der Waals surface area (Å²) in [7, 11) is -4.00. The summed E-state index contributed by atoms with van der Waals surface area (Å²) in [6, 6.07) is 22.7. The molecule has 0 aliphatic heterocycles. The Balaban J connectivity index is 1.65. The molecular formula is C24H22ClNO4S. The molecule has 5 nitrogen and oxygen atoms in total. The Hall–Kier alpha value is -2.64. The van der Waals surface area contributed by atoms with Crippen LogP contribution in [0.25, 0.3) is 10.9 Å². The number of hydrogen-bond acceptors (Lipinski definition) is 4. The molecule has 0 bridgehead atoms. The van der Waals surface area contributed by atoms with Gasteiger partial charge in [0, 0.05) is 16.7 Å². The molecule has 1 heterocycles. The highest BCUT2D eigenvalue weighted by molar-refractivity contribution is 7.86. The summed E-state index contributed by atoms with van der Waals surface area (Å²) in [6.07, 6.45) is 0.749. The molecule has 4 aromatic rings. The summed E-state index contributed by atoms with van der Waals surface area (Å²) >= 11 is 6.04. The summed E-state index contributed by atoms with van der Waals surface area (Å²) in [5.74, 6) is 0. The molecule has 160 valence electrons. The number of aliphatic hydroxyl groups is 1. The van der Waals surface area contributed by atoms with Crippen molar-refractivity contribution in [1.29, 1.82) is 0 Å². The van der Waals surface area contributed by atoms with Crippen molar-refractivity contribution >= 4 is 32.6 Å². The number of rotatable bonds is 7. The minimum absolute atomic E-state index is 0.0553. The Morgan fingerprint density at radius 2 is 1.65 bits per heavy atom. The van der Waals surface area contributed by atoms with E-state index >= 15 is 0 Å². The number of hydrogen-bond donors (Lipinski definition) is 1. The standard InChI is InChI=1S/C24H22ClNO4S/c1-17-6-12-21(13-7-17)31(28,29)30-16-23(27)24(19-8-10-20(25)11-9-19)26-15-14-18-4-2-3-5-22(18)26/h2-15,23-24,27H,16H2,1H3. The second kappa shape index (κ2) is 8.85. The molecule has 7 heteroatoms. The minimum Gasteiger partial charge on any atom is -0.388 e. The van der Waals surface area contributed by atoms with Crippen molar-refractivity contribution in [2.24, 2.45) is 0 Å². The number of fused-ring (bicyclic) bond motifs is 1. The molecule has 2 unspecified atom stereocenters. The Morgan fingerprint density at radius 3 is 2.35 bits per heavy atom. The highest BCUT2D eigenvalue weighted by Crippen LogP contribution is 2.29. The van der Waals surface area contributed by atoms with Gasteiger partial charge in [0.25, 0.3) is 10.1 Å². The third-order valence-corrected chi connectivity index (χ3v) is 6.76. The zero-order valence-corrected chi connectivity index (χ0v) is 18.4. The van der Waals surface area contributed by atoms with Crippen LogP contribution < -0.4 is 0 Å². The maximum Gasteiger partial charge on any atom is 0.297 e. The van der Waals surface area contributed by atoms with E-state index in [0.717, 1.165) is 22.0 Å². The monoisotopic (exact) mass is 455 g/mol. The van der Waals surface area contributed by atoms with Crippen LogP contribution in [0.5, 0.6) is 0 Å². The minimum atomic E-state index is -4.00. The second-order valence-electron chi connectivity index (χ2n) is 7.40. The molecule has 1 aromatic heterocycles. The third kappa shape index (κ3) is 4.67. The van der Waals surface area contributed by atoms with E-state index in [1.165, 1.54) is 12.1 Å². The van der Waals surface area contributed by atoms with Crippen LogP contribution in [0.2, 0.25) is 5.02 Å². The molecule has 0 fully saturated rings. The van der Waals surface area contributed by atoms with Crippen LogP contribution >= 0.6 is 11.6 Å². The SMILES string of the molecule is Cc1ccc(S(=O)(=O)OCC(O)C(c2ccc(Cl)cc2)n2ccc3ccccc32)cc1. The van der Waals surface area contributed by atoms with Crippen LogP contribution in [0.4, 0.5) is 0 Å². The fourth-order valence-corrected chi connectivity index (χ4v) is 4.65. The van der Waals surface area contributed by atoms with Crippen LogP contribution in [0.3, 0.4) is 0 Å². The predicted octanol–water partition coefficient (Wildman–Crippen LogP) is 4.96. The van der Waals surface area contributed by atoms with Crippen LogP contribution in [-0.4, -0.2) is 30.8 Å². The lowest BCUT2D eigenvalue weighted by Gasteiger charge is -2.26. The normalized spacial score (nSPS) is 13.9. The number of aryl methyl sites for hydroxylation is 1. The number of aliphatic hydroxyl groups excluding tert-OH is 1. The Kier molecular flexibility index (Phi) is 6.16. The summed E-state index contributed by atoms with van der Waals surface area (Å²) < 4.78 is 32.3. The van der Waals surface area contributed by atoms with E-state index in [9.17, 15) is 13.5 Å². The largest absolute Gasteiger partial charge is 0.388 e. The number of nitrogens with zero attached hydrogens (tertiary/aromatic N) is 1. The Bertz CT molecular complexity index is 1280. The highest BCUT2D eigenvalue weighted by atomic mass is 35.5. The first-order valence-corrected chi connectivity index (χ1v) is 11.6. The van der Waals surface area contributed by atoms with Crippen molar-refractivity contribution in [3.8, 4) is 0 Å². The van der Waals surface area contributed by atoms with Gasteiger partial charge >= 0.3 is 0 Å². The first-order valence-electron chi connectivity index (χ1n) is 9.80. The fraction of sp³-hybridized carbons (Fsp3) is 0.167. The molecule has 3 aromatic carbocycles. The van der Waals surface area contributed by atoms with Gasteiger partial charge < -0.3 is 9.67 Å². The van der Waals surface area contributed by atoms with Crippen molar-refractivity contribution < 1.29 is 17.7 Å². The molecule has 2 atom stereocenters. The van der Waals surface area contributed by atoms with E-state index in [1.807, 2.05) is 60.2 Å². The van der Waals surface area contributed by atoms with E-state index in [1.54, 1.807) is 24.3 Å². The summed E-state index contributed by atoms with van der Waals surface area (Å²) in [6.45, 7) is 1.48. The third-order valence-electron chi connectivity index (χ3n) is 5.21. The van der Waals surface area contributed by atoms with Gasteiger partial charge in [-0.3, -0.25) is 4.18 Å². The van der Waals surface area contributed by atoms with Gasteiger partial charge in [0.2, 0.25) is 0 Å². The smallest absolute Gasteiger partial charge is 0.297 e. The number of aromatic nitrogens is 1. The van der Waals surface area contributed by atoms with Crippen molar-refractivity contribution in [3.05, 3.63) is 101 Å². The number of halogens is 1. The molecule has 0 amide bonds. The highest BCUT2D eigenvalue weighted by Gasteiger charge is 2.27. The molecular weight excluding hydrogens is 434 g/mol. The Labute approximate surface area is 186 Å². The fourth-order valence-electron chi connectivity index (χ4n) is 3.60. The molecule has 0 saturated carbocycles. The Morgan fingerprint density at radius 1 is 0.968 bits per heavy atom. The van der Waals surface area contributed by atoms with Crippen LogP contribution in [0.15, 0.2) is 90.0 Å². The zero-order valence-electron chi connectivity index (χ0n) is 16.9. The average Bonchev–Trinajstić information content (AvgIpc) is 3.18. The zero-order chi connectivity index (χ0) is 22.0. The van der Waals surface area contributed by atoms with Crippen LogP contribution in [-0.2, 0) is 14.3 Å². The molecule has 0 radical (unpaired) electrons. The summed E-state index contributed by atoms with van der Waals surface area (Å²) in [5, 5.41) is 12.7. The first-order chi connectivity index (χ1) is 14.8. The lowest BCUT2D eigenvalue weighted by molar-refractivity contribution is 0.0785. The second-order valence-corrected chi connectivity index (χ2v) is 9.45. The summed E-state index contributed by atoms with van der Waals surface area (Å²) in [5.41, 5.74) is 2.65. The maximum atomic E-state index is 12.6. The van der Waals surface area contributed by atoms with Crippen molar-refractivity contribution in [1.82, 2.24) is 4.57 Å². The molecule has 31 heavy (non-hydrogen) atoms. The van der Waals surface area contributed by atoms with Gasteiger partial charge in [-0.1, -0.05) is 59.6 Å². The molecule has 0 spiro atoms. The van der Waals surface area contributed by atoms with Gasteiger partial charge in [-0.25, -0.2) is 0 Å². The van der Waals surface area contributed by atoms with E-state index in [-0.39, 0.29) is 4.90 Å². The van der Waals surface area contributed by atoms with E-state index in [4.69, 9.17) is 15.8 Å². The van der Waals surface area contributed by atoms with Gasteiger partial charge in [-0.15, -0.1) is 0 Å². The van der Waals surface area contributed by atoms with E-state index < -0.39 is 28.9 Å². The van der Waals surface area contributed by atoms with Gasteiger partial charge in [-0.2, -0.15) is 8.42 Å².